The fourth-order valence-corrected chi connectivity index (χ4v) is 2.65. The quantitative estimate of drug-likeness (QED) is 0.821. The van der Waals surface area contributed by atoms with Crippen LogP contribution in [0.15, 0.2) is 28.7 Å². The van der Waals surface area contributed by atoms with Crippen LogP contribution in [0.2, 0.25) is 0 Å². The molecule has 1 aliphatic rings. The molecule has 2 rings (SSSR count). The van der Waals surface area contributed by atoms with Crippen molar-refractivity contribution in [3.8, 4) is 0 Å². The highest BCUT2D eigenvalue weighted by molar-refractivity contribution is 9.10. The molecule has 2 N–H and O–H groups in total. The van der Waals surface area contributed by atoms with Crippen molar-refractivity contribution in [2.24, 2.45) is 5.92 Å². The average molecular weight is 356 g/mol. The van der Waals surface area contributed by atoms with Crippen molar-refractivity contribution in [2.45, 2.75) is 25.3 Å². The zero-order chi connectivity index (χ0) is 15.2. The fourth-order valence-electron chi connectivity index (χ4n) is 2.38. The van der Waals surface area contributed by atoms with E-state index in [4.69, 9.17) is 9.84 Å². The average Bonchev–Trinajstić information content (AvgIpc) is 2.91. The Morgan fingerprint density at radius 1 is 1.38 bits per heavy atom. The van der Waals surface area contributed by atoms with Gasteiger partial charge in [0.15, 0.2) is 0 Å². The molecule has 2 atom stereocenters. The first-order valence-corrected chi connectivity index (χ1v) is 7.68. The zero-order valence-electron chi connectivity index (χ0n) is 11.5. The molecule has 1 amide bonds. The zero-order valence-corrected chi connectivity index (χ0v) is 13.1. The van der Waals surface area contributed by atoms with Crippen molar-refractivity contribution in [1.29, 1.82) is 0 Å². The summed E-state index contributed by atoms with van der Waals surface area (Å²) in [7, 11) is 0. The summed E-state index contributed by atoms with van der Waals surface area (Å²) in [4.78, 5) is 23.1. The minimum absolute atomic E-state index is 0.125. The number of hydrogen-bond donors (Lipinski definition) is 2. The molecule has 0 radical (unpaired) electrons. The second kappa shape index (κ2) is 7.56. The van der Waals surface area contributed by atoms with Crippen LogP contribution >= 0.6 is 15.9 Å². The van der Waals surface area contributed by atoms with Gasteiger partial charge in [-0.15, -0.1) is 0 Å². The lowest BCUT2D eigenvalue weighted by Gasteiger charge is -2.18. The first-order valence-electron chi connectivity index (χ1n) is 6.89. The minimum Gasteiger partial charge on any atom is -0.481 e. The third-order valence-corrected chi connectivity index (χ3v) is 4.01. The van der Waals surface area contributed by atoms with E-state index in [1.54, 1.807) is 0 Å². The molecule has 6 heteroatoms. The second-order valence-corrected chi connectivity index (χ2v) is 6.12. The van der Waals surface area contributed by atoms with Crippen LogP contribution in [0, 0.1) is 5.92 Å². The molecule has 1 saturated heterocycles. The van der Waals surface area contributed by atoms with Gasteiger partial charge in [0.2, 0.25) is 5.91 Å². The topological polar surface area (TPSA) is 75.6 Å². The van der Waals surface area contributed by atoms with Gasteiger partial charge in [-0.25, -0.2) is 0 Å². The molecule has 1 aromatic carbocycles. The SMILES string of the molecule is O=C(O)CC(NC(=O)CC1CCOC1)c1ccc(Br)cc1. The number of carbonyl (C=O) groups excluding carboxylic acids is 1. The fraction of sp³-hybridized carbons (Fsp3) is 0.467. The van der Waals surface area contributed by atoms with E-state index in [-0.39, 0.29) is 18.2 Å². The molecule has 0 aliphatic carbocycles. The smallest absolute Gasteiger partial charge is 0.305 e. The van der Waals surface area contributed by atoms with Crippen LogP contribution in [-0.4, -0.2) is 30.2 Å². The summed E-state index contributed by atoms with van der Waals surface area (Å²) in [5, 5.41) is 11.8. The highest BCUT2D eigenvalue weighted by Gasteiger charge is 2.22. The lowest BCUT2D eigenvalue weighted by Crippen LogP contribution is -2.31. The van der Waals surface area contributed by atoms with Crippen LogP contribution in [0.4, 0.5) is 0 Å². The van der Waals surface area contributed by atoms with Crippen LogP contribution in [-0.2, 0) is 14.3 Å². The van der Waals surface area contributed by atoms with E-state index >= 15 is 0 Å². The van der Waals surface area contributed by atoms with Gasteiger partial charge in [0.05, 0.1) is 12.5 Å². The number of halogens is 1. The molecule has 1 fully saturated rings. The molecule has 5 nitrogen and oxygen atoms in total. The van der Waals surface area contributed by atoms with Gasteiger partial charge in [-0.05, 0) is 30.0 Å². The van der Waals surface area contributed by atoms with E-state index < -0.39 is 12.0 Å². The Hall–Kier alpha value is -1.40. The van der Waals surface area contributed by atoms with Gasteiger partial charge in [0, 0.05) is 24.1 Å². The normalized spacial score (nSPS) is 19.2. The maximum Gasteiger partial charge on any atom is 0.305 e. The molecule has 0 saturated carbocycles. The summed E-state index contributed by atoms with van der Waals surface area (Å²) in [5.74, 6) is -0.826. The number of rotatable bonds is 6. The van der Waals surface area contributed by atoms with Gasteiger partial charge in [-0.1, -0.05) is 28.1 Å². The number of aliphatic carboxylic acids is 1. The summed E-state index contributed by atoms with van der Waals surface area (Å²) in [5.41, 5.74) is 0.789. The molecule has 2 unspecified atom stereocenters. The standard InChI is InChI=1S/C15H18BrNO4/c16-12-3-1-11(2-4-12)13(8-15(19)20)17-14(18)7-10-5-6-21-9-10/h1-4,10,13H,5-9H2,(H,17,18)(H,19,20). The number of benzene rings is 1. The Balaban J connectivity index is 1.99. The van der Waals surface area contributed by atoms with Gasteiger partial charge in [0.1, 0.15) is 0 Å². The maximum atomic E-state index is 12.1. The van der Waals surface area contributed by atoms with E-state index in [2.05, 4.69) is 21.2 Å². The number of nitrogens with one attached hydrogen (secondary N) is 1. The maximum absolute atomic E-state index is 12.1. The summed E-state index contributed by atoms with van der Waals surface area (Å²) >= 11 is 3.34. The molecule has 1 aromatic rings. The van der Waals surface area contributed by atoms with Crippen LogP contribution in [0.5, 0.6) is 0 Å². The van der Waals surface area contributed by atoms with Crippen molar-refractivity contribution >= 4 is 27.8 Å². The van der Waals surface area contributed by atoms with E-state index in [0.717, 1.165) is 16.5 Å². The van der Waals surface area contributed by atoms with Gasteiger partial charge < -0.3 is 15.2 Å². The molecule has 114 valence electrons. The Morgan fingerprint density at radius 3 is 2.67 bits per heavy atom. The largest absolute Gasteiger partial charge is 0.481 e. The number of amides is 1. The summed E-state index contributed by atoms with van der Waals surface area (Å²) in [6, 6.07) is 6.79. The monoisotopic (exact) mass is 355 g/mol. The Morgan fingerprint density at radius 2 is 2.10 bits per heavy atom. The molecule has 0 aromatic heterocycles. The van der Waals surface area contributed by atoms with E-state index in [1.165, 1.54) is 0 Å². The Kier molecular flexibility index (Phi) is 5.76. The van der Waals surface area contributed by atoms with E-state index in [9.17, 15) is 9.59 Å². The first-order chi connectivity index (χ1) is 10.0. The summed E-state index contributed by atoms with van der Waals surface area (Å²) in [6.07, 6.45) is 1.14. The van der Waals surface area contributed by atoms with E-state index in [1.807, 2.05) is 24.3 Å². The third-order valence-electron chi connectivity index (χ3n) is 3.48. The van der Waals surface area contributed by atoms with Crippen LogP contribution < -0.4 is 5.32 Å². The third kappa shape index (κ3) is 5.13. The van der Waals surface area contributed by atoms with Crippen LogP contribution in [0.1, 0.15) is 30.9 Å². The van der Waals surface area contributed by atoms with E-state index in [0.29, 0.717) is 19.6 Å². The van der Waals surface area contributed by atoms with Gasteiger partial charge in [0.25, 0.3) is 0 Å². The van der Waals surface area contributed by atoms with Gasteiger partial charge in [-0.3, -0.25) is 9.59 Å². The number of ether oxygens (including phenoxy) is 1. The molecular formula is C15H18BrNO4. The van der Waals surface area contributed by atoms with Crippen molar-refractivity contribution in [2.75, 3.05) is 13.2 Å². The lowest BCUT2D eigenvalue weighted by molar-refractivity contribution is -0.137. The van der Waals surface area contributed by atoms with Crippen molar-refractivity contribution in [1.82, 2.24) is 5.32 Å². The predicted octanol–water partition coefficient (Wildman–Crippen LogP) is 2.51. The van der Waals surface area contributed by atoms with Crippen molar-refractivity contribution in [3.05, 3.63) is 34.3 Å². The highest BCUT2D eigenvalue weighted by atomic mass is 79.9. The van der Waals surface area contributed by atoms with Crippen molar-refractivity contribution in [3.63, 3.8) is 0 Å². The minimum atomic E-state index is -0.938. The van der Waals surface area contributed by atoms with Crippen LogP contribution in [0.3, 0.4) is 0 Å². The predicted molar refractivity (Wildman–Crippen MR) is 80.8 cm³/mol. The molecular weight excluding hydrogens is 338 g/mol. The second-order valence-electron chi connectivity index (χ2n) is 5.20. The first kappa shape index (κ1) is 16.0. The Labute approximate surface area is 131 Å². The Bertz CT molecular complexity index is 497. The molecule has 0 bridgehead atoms. The van der Waals surface area contributed by atoms with Gasteiger partial charge in [-0.2, -0.15) is 0 Å². The summed E-state index contributed by atoms with van der Waals surface area (Å²) < 4.78 is 6.16. The lowest BCUT2D eigenvalue weighted by atomic mass is 10.0. The van der Waals surface area contributed by atoms with Gasteiger partial charge >= 0.3 is 5.97 Å². The number of carboxylic acid groups (broad SMARTS) is 1. The number of hydrogen-bond acceptors (Lipinski definition) is 3. The molecule has 1 heterocycles. The molecule has 21 heavy (non-hydrogen) atoms. The molecule has 1 aliphatic heterocycles. The summed E-state index contributed by atoms with van der Waals surface area (Å²) in [6.45, 7) is 1.30. The molecule has 0 spiro atoms. The van der Waals surface area contributed by atoms with Crippen LogP contribution in [0.25, 0.3) is 0 Å². The van der Waals surface area contributed by atoms with Crippen molar-refractivity contribution < 1.29 is 19.4 Å². The number of carbonyl (C=O) groups is 2. The highest BCUT2D eigenvalue weighted by Crippen LogP contribution is 2.21. The number of carboxylic acids is 1.